The van der Waals surface area contributed by atoms with Crippen LogP contribution in [0.5, 0.6) is 5.75 Å². The number of carbonyl (C=O) groups excluding carboxylic acids is 1. The van der Waals surface area contributed by atoms with E-state index in [2.05, 4.69) is 10.1 Å². The lowest BCUT2D eigenvalue weighted by atomic mass is 10.1. The monoisotopic (exact) mass is 417 g/mol. The minimum Gasteiger partial charge on any atom is -0.406 e. The highest BCUT2D eigenvalue weighted by molar-refractivity contribution is 7.89. The number of carbonyl (C=O) groups is 1. The van der Waals surface area contributed by atoms with Crippen molar-refractivity contribution in [3.63, 3.8) is 0 Å². The molecular weight excluding hydrogens is 399 g/mol. The quantitative estimate of drug-likeness (QED) is 0.566. The zero-order valence-electron chi connectivity index (χ0n) is 14.7. The SMILES string of the molecule is N#CCCNC(=O)C=C1CCN(S(=O)(=O)c2ccc(OC(F)(F)F)cc2)CC1. The average Bonchev–Trinajstić information content (AvgIpc) is 2.61. The standard InChI is InChI=1S/C17H18F3N3O4S/c18-17(19,20)27-14-2-4-15(5-3-14)28(25,26)23-10-6-13(7-11-23)12-16(24)22-9-1-8-21/h2-5,12H,1,6-7,9-11H2,(H,22,24). The highest BCUT2D eigenvalue weighted by atomic mass is 32.2. The Bertz CT molecular complexity index is 864. The van der Waals surface area contributed by atoms with E-state index in [9.17, 15) is 26.4 Å². The molecule has 1 aromatic carbocycles. The first-order valence-corrected chi connectivity index (χ1v) is 9.76. The Kier molecular flexibility index (Phi) is 7.04. The summed E-state index contributed by atoms with van der Waals surface area (Å²) in [6.07, 6.45) is -2.52. The van der Waals surface area contributed by atoms with Gasteiger partial charge in [0.05, 0.1) is 17.4 Å². The number of piperidine rings is 1. The summed E-state index contributed by atoms with van der Waals surface area (Å²) in [7, 11) is -3.86. The smallest absolute Gasteiger partial charge is 0.406 e. The van der Waals surface area contributed by atoms with Gasteiger partial charge in [-0.2, -0.15) is 9.57 Å². The van der Waals surface area contributed by atoms with Crippen LogP contribution in [0.25, 0.3) is 0 Å². The fourth-order valence-corrected chi connectivity index (χ4v) is 4.04. The molecule has 7 nitrogen and oxygen atoms in total. The fourth-order valence-electron chi connectivity index (χ4n) is 2.60. The lowest BCUT2D eigenvalue weighted by Gasteiger charge is -2.27. The van der Waals surface area contributed by atoms with Crippen molar-refractivity contribution in [1.82, 2.24) is 9.62 Å². The van der Waals surface area contributed by atoms with Crippen molar-refractivity contribution in [2.75, 3.05) is 19.6 Å². The Hall–Kier alpha value is -2.58. The first-order chi connectivity index (χ1) is 13.1. The van der Waals surface area contributed by atoms with E-state index in [1.165, 1.54) is 10.4 Å². The first kappa shape index (κ1) is 21.7. The highest BCUT2D eigenvalue weighted by Crippen LogP contribution is 2.27. The van der Waals surface area contributed by atoms with Crippen LogP contribution in [0, 0.1) is 11.3 Å². The molecule has 1 fully saturated rings. The van der Waals surface area contributed by atoms with E-state index in [1.54, 1.807) is 0 Å². The van der Waals surface area contributed by atoms with Crippen LogP contribution < -0.4 is 10.1 Å². The Labute approximate surface area is 160 Å². The molecule has 0 bridgehead atoms. The van der Waals surface area contributed by atoms with Gasteiger partial charge in [0.1, 0.15) is 5.75 Å². The van der Waals surface area contributed by atoms with Gasteiger partial charge in [0.15, 0.2) is 0 Å². The molecule has 1 aliphatic heterocycles. The molecule has 0 radical (unpaired) electrons. The maximum Gasteiger partial charge on any atom is 0.573 e. The van der Waals surface area contributed by atoms with Gasteiger partial charge in [-0.1, -0.05) is 5.57 Å². The van der Waals surface area contributed by atoms with Gasteiger partial charge < -0.3 is 10.1 Å². The fraction of sp³-hybridized carbons (Fsp3) is 0.412. The Morgan fingerprint density at radius 3 is 2.39 bits per heavy atom. The van der Waals surface area contributed by atoms with E-state index in [-0.39, 0.29) is 36.9 Å². The van der Waals surface area contributed by atoms with Gasteiger partial charge >= 0.3 is 6.36 Å². The van der Waals surface area contributed by atoms with Crippen LogP contribution >= 0.6 is 0 Å². The number of sulfonamides is 1. The third-order valence-corrected chi connectivity index (χ3v) is 5.84. The van der Waals surface area contributed by atoms with Gasteiger partial charge in [0, 0.05) is 25.7 Å². The van der Waals surface area contributed by atoms with Crippen molar-refractivity contribution in [2.45, 2.75) is 30.5 Å². The molecule has 0 aliphatic carbocycles. The predicted octanol–water partition coefficient (Wildman–Crippen LogP) is 2.33. The van der Waals surface area contributed by atoms with Gasteiger partial charge in [-0.05, 0) is 37.1 Å². The molecule has 28 heavy (non-hydrogen) atoms. The molecule has 1 saturated heterocycles. The van der Waals surface area contributed by atoms with Crippen LogP contribution in [0.2, 0.25) is 0 Å². The summed E-state index contributed by atoms with van der Waals surface area (Å²) in [5.74, 6) is -0.834. The predicted molar refractivity (Wildman–Crippen MR) is 92.4 cm³/mol. The number of hydrogen-bond donors (Lipinski definition) is 1. The van der Waals surface area contributed by atoms with E-state index in [0.29, 0.717) is 12.8 Å². The molecular formula is C17H18F3N3O4S. The van der Waals surface area contributed by atoms with Crippen LogP contribution in [-0.4, -0.2) is 44.6 Å². The summed E-state index contributed by atoms with van der Waals surface area (Å²) in [4.78, 5) is 11.6. The van der Waals surface area contributed by atoms with E-state index in [1.807, 2.05) is 6.07 Å². The van der Waals surface area contributed by atoms with Crippen molar-refractivity contribution in [2.24, 2.45) is 0 Å². The minimum absolute atomic E-state index is 0.135. The molecule has 0 unspecified atom stereocenters. The zero-order valence-corrected chi connectivity index (χ0v) is 15.5. The molecule has 2 rings (SSSR count). The van der Waals surface area contributed by atoms with Crippen molar-refractivity contribution < 1.29 is 31.1 Å². The second-order valence-corrected chi connectivity index (χ2v) is 7.86. The molecule has 0 atom stereocenters. The third kappa shape index (κ3) is 6.24. The zero-order chi connectivity index (χ0) is 20.8. The van der Waals surface area contributed by atoms with Gasteiger partial charge in [-0.25, -0.2) is 8.42 Å². The van der Waals surface area contributed by atoms with E-state index in [4.69, 9.17) is 5.26 Å². The molecule has 0 aromatic heterocycles. The number of amides is 1. The normalized spacial score (nSPS) is 15.6. The van der Waals surface area contributed by atoms with Crippen LogP contribution in [0.1, 0.15) is 19.3 Å². The largest absolute Gasteiger partial charge is 0.573 e. The number of hydrogen-bond acceptors (Lipinski definition) is 5. The molecule has 1 N–H and O–H groups in total. The van der Waals surface area contributed by atoms with Crippen LogP contribution in [0.3, 0.4) is 0 Å². The van der Waals surface area contributed by atoms with Gasteiger partial charge in [0.2, 0.25) is 15.9 Å². The first-order valence-electron chi connectivity index (χ1n) is 8.32. The van der Waals surface area contributed by atoms with Crippen LogP contribution in [0.4, 0.5) is 13.2 Å². The number of benzene rings is 1. The van der Waals surface area contributed by atoms with Crippen molar-refractivity contribution in [3.8, 4) is 11.8 Å². The molecule has 152 valence electrons. The number of rotatable bonds is 6. The van der Waals surface area contributed by atoms with Gasteiger partial charge in [0.25, 0.3) is 0 Å². The highest BCUT2D eigenvalue weighted by Gasteiger charge is 2.32. The topological polar surface area (TPSA) is 99.5 Å². The molecule has 0 spiro atoms. The lowest BCUT2D eigenvalue weighted by molar-refractivity contribution is -0.274. The summed E-state index contributed by atoms with van der Waals surface area (Å²) in [5.41, 5.74) is 0.787. The number of halogens is 3. The number of nitrogens with one attached hydrogen (secondary N) is 1. The lowest BCUT2D eigenvalue weighted by Crippen LogP contribution is -2.36. The van der Waals surface area contributed by atoms with Crippen molar-refractivity contribution in [3.05, 3.63) is 35.9 Å². The summed E-state index contributed by atoms with van der Waals surface area (Å²) in [5, 5.41) is 11.0. The Balaban J connectivity index is 1.97. The summed E-state index contributed by atoms with van der Waals surface area (Å²) in [6.45, 7) is 0.550. The molecule has 11 heteroatoms. The van der Waals surface area contributed by atoms with Crippen LogP contribution in [0.15, 0.2) is 40.8 Å². The number of nitriles is 1. The molecule has 1 aromatic rings. The van der Waals surface area contributed by atoms with Crippen molar-refractivity contribution in [1.29, 1.82) is 5.26 Å². The Morgan fingerprint density at radius 1 is 1.25 bits per heavy atom. The van der Waals surface area contributed by atoms with E-state index >= 15 is 0 Å². The maximum atomic E-state index is 12.6. The molecule has 1 amide bonds. The number of alkyl halides is 3. The van der Waals surface area contributed by atoms with E-state index in [0.717, 1.165) is 29.8 Å². The minimum atomic E-state index is -4.85. The van der Waals surface area contributed by atoms with Crippen LogP contribution in [-0.2, 0) is 14.8 Å². The average molecular weight is 417 g/mol. The maximum absolute atomic E-state index is 12.6. The Morgan fingerprint density at radius 2 is 1.86 bits per heavy atom. The third-order valence-electron chi connectivity index (χ3n) is 3.93. The van der Waals surface area contributed by atoms with Gasteiger partial charge in [-0.3, -0.25) is 4.79 Å². The van der Waals surface area contributed by atoms with E-state index < -0.39 is 22.1 Å². The second kappa shape index (κ2) is 9.07. The number of nitrogens with zero attached hydrogens (tertiary/aromatic N) is 2. The van der Waals surface area contributed by atoms with Crippen molar-refractivity contribution >= 4 is 15.9 Å². The summed E-state index contributed by atoms with van der Waals surface area (Å²) in [6, 6.07) is 5.92. The summed E-state index contributed by atoms with van der Waals surface area (Å²) < 4.78 is 66.7. The molecule has 0 saturated carbocycles. The summed E-state index contributed by atoms with van der Waals surface area (Å²) >= 11 is 0. The second-order valence-electron chi connectivity index (χ2n) is 5.93. The number of ether oxygens (including phenoxy) is 1. The molecule has 1 aliphatic rings. The van der Waals surface area contributed by atoms with Gasteiger partial charge in [-0.15, -0.1) is 13.2 Å². The molecule has 1 heterocycles.